The van der Waals surface area contributed by atoms with E-state index in [-0.39, 0.29) is 24.6 Å². The molecule has 0 bridgehead atoms. The number of carbonyl (C=O) groups excluding carboxylic acids is 3. The smallest absolute Gasteiger partial charge is 0.327 e. The quantitative estimate of drug-likeness (QED) is 0.190. The molecule has 0 aliphatic rings. The van der Waals surface area contributed by atoms with Crippen LogP contribution in [-0.2, 0) is 24.0 Å². The van der Waals surface area contributed by atoms with Crippen LogP contribution in [-0.4, -0.2) is 76.0 Å². The molecule has 0 spiro atoms. The molecule has 0 aliphatic carbocycles. The number of rotatable bonds is 13. The number of nitrogens with two attached hydrogens (primary N) is 1. The molecule has 11 nitrogen and oxygen atoms in total. The summed E-state index contributed by atoms with van der Waals surface area (Å²) in [6, 6.07) is -3.00. The third kappa shape index (κ3) is 11.1. The lowest BCUT2D eigenvalue weighted by Gasteiger charge is -2.16. The molecule has 0 aromatic carbocycles. The summed E-state index contributed by atoms with van der Waals surface area (Å²) in [5.41, 5.74) is 5.12. The molecule has 0 saturated heterocycles. The van der Waals surface area contributed by atoms with Gasteiger partial charge in [0.1, 0.15) is 18.1 Å². The van der Waals surface area contributed by atoms with Crippen LogP contribution in [0.25, 0.3) is 0 Å². The number of amides is 3. The topological polar surface area (TPSA) is 188 Å². The van der Waals surface area contributed by atoms with E-state index in [4.69, 9.17) is 15.9 Å². The summed E-state index contributed by atoms with van der Waals surface area (Å²) in [6.45, 7) is 2.45. The third-order valence-electron chi connectivity index (χ3n) is 3.30. The van der Waals surface area contributed by atoms with Crippen molar-refractivity contribution in [3.63, 3.8) is 0 Å². The molecule has 154 valence electrons. The first kappa shape index (κ1) is 24.7. The minimum atomic E-state index is -1.18. The van der Waals surface area contributed by atoms with E-state index in [1.807, 2.05) is 0 Å². The summed E-state index contributed by atoms with van der Waals surface area (Å²) in [6.07, 6.45) is 0.555. The van der Waals surface area contributed by atoms with Gasteiger partial charge in [0, 0.05) is 12.2 Å². The summed E-state index contributed by atoms with van der Waals surface area (Å²) in [5.74, 6) is -3.29. The first-order chi connectivity index (χ1) is 12.6. The van der Waals surface area contributed by atoms with Crippen molar-refractivity contribution in [2.45, 2.75) is 44.8 Å². The fraction of sp³-hybridized carbons (Fsp3) is 0.667. The van der Waals surface area contributed by atoms with Crippen LogP contribution in [0, 0.1) is 0 Å². The predicted octanol–water partition coefficient (Wildman–Crippen LogP) is -1.88. The van der Waals surface area contributed by atoms with E-state index in [1.54, 1.807) is 0 Å². The molecule has 12 heteroatoms. The highest BCUT2D eigenvalue weighted by molar-refractivity contribution is 7.99. The van der Waals surface area contributed by atoms with Crippen LogP contribution in [0.15, 0.2) is 0 Å². The number of carbonyl (C=O) groups is 5. The number of hydrogen-bond acceptors (Lipinski definition) is 7. The van der Waals surface area contributed by atoms with Gasteiger partial charge in [0.2, 0.25) is 17.7 Å². The zero-order valence-corrected chi connectivity index (χ0v) is 16.0. The largest absolute Gasteiger partial charge is 0.480 e. The molecule has 0 aromatic heterocycles. The molecular formula is C15H26N4O7S. The maximum Gasteiger partial charge on any atom is 0.327 e. The molecular weight excluding hydrogens is 380 g/mol. The molecule has 7 N–H and O–H groups in total. The van der Waals surface area contributed by atoms with Crippen molar-refractivity contribution in [3.8, 4) is 0 Å². The van der Waals surface area contributed by atoms with E-state index >= 15 is 0 Å². The van der Waals surface area contributed by atoms with Gasteiger partial charge in [-0.15, -0.1) is 0 Å². The van der Waals surface area contributed by atoms with Crippen molar-refractivity contribution in [2.24, 2.45) is 5.73 Å². The molecule has 3 atom stereocenters. The summed E-state index contributed by atoms with van der Waals surface area (Å²) in [5, 5.41) is 24.7. The predicted molar refractivity (Wildman–Crippen MR) is 98.0 cm³/mol. The zero-order chi connectivity index (χ0) is 21.0. The molecule has 0 fully saturated rings. The van der Waals surface area contributed by atoms with Gasteiger partial charge in [-0.25, -0.2) is 4.79 Å². The number of nitrogens with one attached hydrogen (secondary N) is 3. The molecule has 0 unspecified atom stereocenters. The Balaban J connectivity index is 4.08. The van der Waals surface area contributed by atoms with Gasteiger partial charge in [0.25, 0.3) is 0 Å². The number of thioether (sulfide) groups is 1. The van der Waals surface area contributed by atoms with Crippen molar-refractivity contribution in [1.82, 2.24) is 16.0 Å². The second kappa shape index (κ2) is 12.9. The summed E-state index contributed by atoms with van der Waals surface area (Å²) < 4.78 is 0. The fourth-order valence-electron chi connectivity index (χ4n) is 1.74. The number of hydrogen-bond donors (Lipinski definition) is 6. The van der Waals surface area contributed by atoms with Gasteiger partial charge in [-0.05, 0) is 26.0 Å². The van der Waals surface area contributed by atoms with Crippen LogP contribution in [0.3, 0.4) is 0 Å². The number of aliphatic carboxylic acids is 2. The Hall–Kier alpha value is -2.34. The Morgan fingerprint density at radius 3 is 2.07 bits per heavy atom. The van der Waals surface area contributed by atoms with E-state index < -0.39 is 41.9 Å². The monoisotopic (exact) mass is 406 g/mol. The van der Waals surface area contributed by atoms with Gasteiger partial charge in [-0.1, -0.05) is 0 Å². The lowest BCUT2D eigenvalue weighted by atomic mass is 10.2. The van der Waals surface area contributed by atoms with Crippen LogP contribution in [0.4, 0.5) is 0 Å². The molecule has 3 amide bonds. The standard InChI is InChI=1S/C15H26N4O7S/c1-8(13(22)18-9(2)14(23)24)17-11(20)4-3-5-27-7-10(15(25)26)19-12(21)6-16/h8-10H,3-7,16H2,1-2H3,(H,17,20)(H,18,22)(H,19,21)(H,23,24)(H,25,26)/t8-,9-,10+/m1/s1. The first-order valence-electron chi connectivity index (χ1n) is 8.21. The maximum absolute atomic E-state index is 11.8. The van der Waals surface area contributed by atoms with Crippen LogP contribution < -0.4 is 21.7 Å². The Kier molecular flexibility index (Phi) is 11.8. The normalized spacial score (nSPS) is 13.7. The average molecular weight is 406 g/mol. The van der Waals surface area contributed by atoms with Crippen molar-refractivity contribution in [3.05, 3.63) is 0 Å². The Morgan fingerprint density at radius 2 is 1.56 bits per heavy atom. The van der Waals surface area contributed by atoms with Gasteiger partial charge in [-0.3, -0.25) is 19.2 Å². The van der Waals surface area contributed by atoms with Gasteiger partial charge in [-0.2, -0.15) is 11.8 Å². The second-order valence-electron chi connectivity index (χ2n) is 5.70. The van der Waals surface area contributed by atoms with Crippen molar-refractivity contribution < 1.29 is 34.2 Å². The van der Waals surface area contributed by atoms with Crippen molar-refractivity contribution >= 4 is 41.4 Å². The van der Waals surface area contributed by atoms with Gasteiger partial charge >= 0.3 is 11.9 Å². The van der Waals surface area contributed by atoms with Crippen LogP contribution in [0.1, 0.15) is 26.7 Å². The molecule has 0 aliphatic heterocycles. The molecule has 0 rings (SSSR count). The lowest BCUT2D eigenvalue weighted by molar-refractivity contribution is -0.141. The molecule has 0 saturated carbocycles. The number of carboxylic acid groups (broad SMARTS) is 2. The highest BCUT2D eigenvalue weighted by Gasteiger charge is 2.21. The lowest BCUT2D eigenvalue weighted by Crippen LogP contribution is -2.49. The van der Waals surface area contributed by atoms with Crippen molar-refractivity contribution in [2.75, 3.05) is 18.1 Å². The average Bonchev–Trinajstić information content (AvgIpc) is 2.59. The first-order valence-corrected chi connectivity index (χ1v) is 9.36. The molecule has 0 radical (unpaired) electrons. The van der Waals surface area contributed by atoms with Gasteiger partial charge < -0.3 is 31.9 Å². The fourth-order valence-corrected chi connectivity index (χ4v) is 2.72. The Bertz CT molecular complexity index is 558. The second-order valence-corrected chi connectivity index (χ2v) is 6.85. The highest BCUT2D eigenvalue weighted by Crippen LogP contribution is 2.07. The van der Waals surface area contributed by atoms with Crippen LogP contribution >= 0.6 is 11.8 Å². The summed E-state index contributed by atoms with van der Waals surface area (Å²) in [7, 11) is 0. The van der Waals surface area contributed by atoms with Crippen molar-refractivity contribution in [1.29, 1.82) is 0 Å². The third-order valence-corrected chi connectivity index (χ3v) is 4.44. The van der Waals surface area contributed by atoms with Gasteiger partial charge in [0.05, 0.1) is 6.54 Å². The van der Waals surface area contributed by atoms with Gasteiger partial charge in [0.15, 0.2) is 0 Å². The van der Waals surface area contributed by atoms with Crippen LogP contribution in [0.2, 0.25) is 0 Å². The Labute approximate surface area is 160 Å². The minimum Gasteiger partial charge on any atom is -0.480 e. The molecule has 0 heterocycles. The van der Waals surface area contributed by atoms with E-state index in [0.29, 0.717) is 12.2 Å². The number of carboxylic acids is 2. The minimum absolute atomic E-state index is 0.117. The van der Waals surface area contributed by atoms with E-state index in [2.05, 4.69) is 16.0 Å². The van der Waals surface area contributed by atoms with Crippen LogP contribution in [0.5, 0.6) is 0 Å². The SMILES string of the molecule is C[C@@H](NC(=O)[C@@H](C)NC(=O)CCCSC[C@H](NC(=O)CN)C(=O)O)C(=O)O. The molecule has 0 aromatic rings. The highest BCUT2D eigenvalue weighted by atomic mass is 32.2. The zero-order valence-electron chi connectivity index (χ0n) is 15.2. The van der Waals surface area contributed by atoms with E-state index in [9.17, 15) is 24.0 Å². The van der Waals surface area contributed by atoms with E-state index in [0.717, 1.165) is 0 Å². The summed E-state index contributed by atoms with van der Waals surface area (Å²) >= 11 is 1.26. The molecule has 27 heavy (non-hydrogen) atoms. The Morgan fingerprint density at radius 1 is 0.926 bits per heavy atom. The summed E-state index contributed by atoms with van der Waals surface area (Å²) in [4.78, 5) is 56.4. The maximum atomic E-state index is 11.8. The van der Waals surface area contributed by atoms with E-state index in [1.165, 1.54) is 25.6 Å².